The quantitative estimate of drug-likeness (QED) is 0.440. The van der Waals surface area contributed by atoms with E-state index in [1.165, 1.54) is 32.1 Å². The molecule has 0 radical (unpaired) electrons. The second-order valence-electron chi connectivity index (χ2n) is 9.54. The smallest absolute Gasteiger partial charge is 0.253 e. The van der Waals surface area contributed by atoms with Gasteiger partial charge in [-0.15, -0.1) is 0 Å². The molecule has 0 spiro atoms. The summed E-state index contributed by atoms with van der Waals surface area (Å²) in [5.41, 5.74) is 3.33. The standard InChI is InChI=1S/C28H32ClN5O/c29-22-10-6-20(7-11-22)26-14-17-30-28(33-26)32-24-12-8-21(9-13-24)27(35)34-18-15-25(16-19-34)31-23-4-2-1-3-5-23/h6-14,17,23,25,31H,1-5,15-16,18-19H2,(H,30,32,33). The Morgan fingerprint density at radius 1 is 0.857 bits per heavy atom. The van der Waals surface area contributed by atoms with Crippen LogP contribution in [0.15, 0.2) is 60.8 Å². The summed E-state index contributed by atoms with van der Waals surface area (Å²) in [4.78, 5) is 24.0. The van der Waals surface area contributed by atoms with Gasteiger partial charge in [0.15, 0.2) is 0 Å². The Kier molecular flexibility index (Phi) is 7.60. The summed E-state index contributed by atoms with van der Waals surface area (Å²) in [6, 6.07) is 18.2. The van der Waals surface area contributed by atoms with Crippen LogP contribution in [0.3, 0.4) is 0 Å². The number of nitrogens with one attached hydrogen (secondary N) is 2. The highest BCUT2D eigenvalue weighted by molar-refractivity contribution is 6.30. The van der Waals surface area contributed by atoms with Crippen molar-refractivity contribution in [3.05, 3.63) is 71.4 Å². The topological polar surface area (TPSA) is 70.2 Å². The Labute approximate surface area is 212 Å². The van der Waals surface area contributed by atoms with Crippen LogP contribution in [0.2, 0.25) is 5.02 Å². The largest absolute Gasteiger partial charge is 0.339 e. The Bertz CT molecular complexity index is 1120. The second kappa shape index (κ2) is 11.2. The fourth-order valence-electron chi connectivity index (χ4n) is 5.06. The van der Waals surface area contributed by atoms with Crippen LogP contribution in [0.4, 0.5) is 11.6 Å². The molecular formula is C28H32ClN5O. The lowest BCUT2D eigenvalue weighted by molar-refractivity contribution is 0.0699. The first kappa shape index (κ1) is 23.8. The van der Waals surface area contributed by atoms with Crippen molar-refractivity contribution in [2.24, 2.45) is 0 Å². The third kappa shape index (κ3) is 6.19. The van der Waals surface area contributed by atoms with Crippen molar-refractivity contribution < 1.29 is 4.79 Å². The fraction of sp³-hybridized carbons (Fsp3) is 0.393. The molecule has 3 aromatic rings. The van der Waals surface area contributed by atoms with E-state index >= 15 is 0 Å². The molecule has 1 aliphatic heterocycles. The van der Waals surface area contributed by atoms with E-state index < -0.39 is 0 Å². The van der Waals surface area contributed by atoms with Crippen molar-refractivity contribution in [1.82, 2.24) is 20.2 Å². The van der Waals surface area contributed by atoms with Crippen LogP contribution in [0.5, 0.6) is 0 Å². The number of amides is 1. The van der Waals surface area contributed by atoms with Gasteiger partial charge in [0.2, 0.25) is 5.95 Å². The number of halogens is 1. The van der Waals surface area contributed by atoms with E-state index in [4.69, 9.17) is 11.6 Å². The predicted molar refractivity (Wildman–Crippen MR) is 141 cm³/mol. The normalized spacial score (nSPS) is 17.3. The highest BCUT2D eigenvalue weighted by Crippen LogP contribution is 2.23. The van der Waals surface area contributed by atoms with Gasteiger partial charge in [-0.3, -0.25) is 4.79 Å². The summed E-state index contributed by atoms with van der Waals surface area (Å²) in [5, 5.41) is 7.77. The molecule has 2 aromatic carbocycles. The van der Waals surface area contributed by atoms with E-state index in [0.29, 0.717) is 28.6 Å². The van der Waals surface area contributed by atoms with Gasteiger partial charge in [0.05, 0.1) is 5.69 Å². The third-order valence-corrected chi connectivity index (χ3v) is 7.29. The molecule has 2 fully saturated rings. The van der Waals surface area contributed by atoms with E-state index in [0.717, 1.165) is 42.9 Å². The van der Waals surface area contributed by atoms with Crippen molar-refractivity contribution in [2.75, 3.05) is 18.4 Å². The van der Waals surface area contributed by atoms with E-state index in [1.807, 2.05) is 59.5 Å². The maximum absolute atomic E-state index is 13.0. The predicted octanol–water partition coefficient (Wildman–Crippen LogP) is 6.07. The molecule has 1 saturated carbocycles. The monoisotopic (exact) mass is 489 g/mol. The van der Waals surface area contributed by atoms with Gasteiger partial charge in [0.25, 0.3) is 5.91 Å². The van der Waals surface area contributed by atoms with E-state index in [-0.39, 0.29) is 5.91 Å². The lowest BCUT2D eigenvalue weighted by atomic mass is 9.93. The van der Waals surface area contributed by atoms with Gasteiger partial charge < -0.3 is 15.5 Å². The van der Waals surface area contributed by atoms with E-state index in [2.05, 4.69) is 20.6 Å². The molecule has 0 bridgehead atoms. The van der Waals surface area contributed by atoms with Crippen LogP contribution < -0.4 is 10.6 Å². The molecule has 0 atom stereocenters. The summed E-state index contributed by atoms with van der Waals surface area (Å²) in [5.74, 6) is 0.609. The van der Waals surface area contributed by atoms with Crippen LogP contribution in [0, 0.1) is 0 Å². The van der Waals surface area contributed by atoms with Crippen LogP contribution in [-0.4, -0.2) is 45.9 Å². The highest BCUT2D eigenvalue weighted by Gasteiger charge is 2.25. The molecule has 0 unspecified atom stereocenters. The zero-order chi connectivity index (χ0) is 24.0. The number of hydrogen-bond donors (Lipinski definition) is 2. The average Bonchev–Trinajstić information content (AvgIpc) is 2.90. The van der Waals surface area contributed by atoms with Crippen molar-refractivity contribution in [3.63, 3.8) is 0 Å². The molecule has 1 aromatic heterocycles. The maximum atomic E-state index is 13.0. The number of anilines is 2. The molecule has 6 nitrogen and oxygen atoms in total. The Morgan fingerprint density at radius 2 is 1.54 bits per heavy atom. The number of aromatic nitrogens is 2. The molecule has 2 N–H and O–H groups in total. The number of rotatable bonds is 6. The number of likely N-dealkylation sites (tertiary alicyclic amines) is 1. The van der Waals surface area contributed by atoms with Crippen molar-refractivity contribution in [1.29, 1.82) is 0 Å². The van der Waals surface area contributed by atoms with Crippen molar-refractivity contribution in [2.45, 2.75) is 57.0 Å². The molecule has 1 amide bonds. The number of piperidine rings is 1. The SMILES string of the molecule is O=C(c1ccc(Nc2nccc(-c3ccc(Cl)cc3)n2)cc1)N1CCC(NC2CCCCC2)CC1. The highest BCUT2D eigenvalue weighted by atomic mass is 35.5. The molecular weight excluding hydrogens is 458 g/mol. The zero-order valence-electron chi connectivity index (χ0n) is 19.9. The lowest BCUT2D eigenvalue weighted by Gasteiger charge is -2.35. The van der Waals surface area contributed by atoms with Gasteiger partial charge in [0.1, 0.15) is 0 Å². The molecule has 35 heavy (non-hydrogen) atoms. The average molecular weight is 490 g/mol. The van der Waals surface area contributed by atoms with Gasteiger partial charge in [-0.05, 0) is 68.1 Å². The van der Waals surface area contributed by atoms with Crippen LogP contribution in [-0.2, 0) is 0 Å². The molecule has 1 aliphatic carbocycles. The van der Waals surface area contributed by atoms with Crippen molar-refractivity contribution in [3.8, 4) is 11.3 Å². The first-order valence-corrected chi connectivity index (χ1v) is 13.0. The summed E-state index contributed by atoms with van der Waals surface area (Å²) >= 11 is 5.99. The van der Waals surface area contributed by atoms with Gasteiger partial charge in [-0.1, -0.05) is 43.0 Å². The number of nitrogens with zero attached hydrogens (tertiary/aromatic N) is 3. The van der Waals surface area contributed by atoms with Gasteiger partial charge in [-0.2, -0.15) is 0 Å². The summed E-state index contributed by atoms with van der Waals surface area (Å²) in [6.07, 6.45) is 10.5. The number of hydrogen-bond acceptors (Lipinski definition) is 5. The zero-order valence-corrected chi connectivity index (χ0v) is 20.7. The van der Waals surface area contributed by atoms with Crippen LogP contribution in [0.1, 0.15) is 55.3 Å². The minimum atomic E-state index is 0.105. The molecule has 2 aliphatic rings. The Balaban J connectivity index is 1.15. The summed E-state index contributed by atoms with van der Waals surface area (Å²) < 4.78 is 0. The fourth-order valence-corrected chi connectivity index (χ4v) is 5.19. The van der Waals surface area contributed by atoms with E-state index in [9.17, 15) is 4.79 Å². The van der Waals surface area contributed by atoms with Crippen LogP contribution >= 0.6 is 11.6 Å². The summed E-state index contributed by atoms with van der Waals surface area (Å²) in [7, 11) is 0. The van der Waals surface area contributed by atoms with Crippen molar-refractivity contribution >= 4 is 29.1 Å². The molecule has 5 rings (SSSR count). The molecule has 1 saturated heterocycles. The van der Waals surface area contributed by atoms with Gasteiger partial charge in [0, 0.05) is 53.2 Å². The Hall–Kier alpha value is -2.96. The number of carbonyl (C=O) groups excluding carboxylic acids is 1. The maximum Gasteiger partial charge on any atom is 0.253 e. The summed E-state index contributed by atoms with van der Waals surface area (Å²) in [6.45, 7) is 1.63. The number of benzene rings is 2. The van der Waals surface area contributed by atoms with Crippen LogP contribution in [0.25, 0.3) is 11.3 Å². The van der Waals surface area contributed by atoms with Gasteiger partial charge >= 0.3 is 0 Å². The van der Waals surface area contributed by atoms with E-state index in [1.54, 1.807) is 6.20 Å². The molecule has 7 heteroatoms. The lowest BCUT2D eigenvalue weighted by Crippen LogP contribution is -2.48. The minimum Gasteiger partial charge on any atom is -0.339 e. The van der Waals surface area contributed by atoms with Gasteiger partial charge in [-0.25, -0.2) is 9.97 Å². The first-order chi connectivity index (χ1) is 17.1. The molecule has 2 heterocycles. The minimum absolute atomic E-state index is 0.105. The Morgan fingerprint density at radius 3 is 2.26 bits per heavy atom. The molecule has 182 valence electrons. The third-order valence-electron chi connectivity index (χ3n) is 7.04. The first-order valence-electron chi connectivity index (χ1n) is 12.7. The number of carbonyl (C=O) groups is 1. The second-order valence-corrected chi connectivity index (χ2v) is 9.98.